The van der Waals surface area contributed by atoms with Crippen molar-refractivity contribution < 1.29 is 23.7 Å². The second kappa shape index (κ2) is 7.51. The van der Waals surface area contributed by atoms with Crippen molar-refractivity contribution >= 4 is 5.97 Å². The van der Waals surface area contributed by atoms with Gasteiger partial charge in [0.15, 0.2) is 11.5 Å². The quantitative estimate of drug-likeness (QED) is 0.710. The summed E-state index contributed by atoms with van der Waals surface area (Å²) in [5.74, 6) is 1.61. The molecule has 106 valence electrons. The number of aryl methyl sites for hydroxylation is 1. The van der Waals surface area contributed by atoms with Crippen molar-refractivity contribution in [3.8, 4) is 17.2 Å². The Hall–Kier alpha value is -1.91. The van der Waals surface area contributed by atoms with Crippen molar-refractivity contribution in [1.82, 2.24) is 0 Å². The third-order valence-corrected chi connectivity index (χ3v) is 2.80. The number of methoxy groups -OCH3 is 4. The Balaban J connectivity index is 2.81. The molecule has 1 aromatic carbocycles. The van der Waals surface area contributed by atoms with E-state index < -0.39 is 0 Å². The van der Waals surface area contributed by atoms with Gasteiger partial charge in [-0.2, -0.15) is 0 Å². The molecule has 0 unspecified atom stereocenters. The zero-order valence-corrected chi connectivity index (χ0v) is 11.8. The maximum atomic E-state index is 11.1. The SMILES string of the molecule is COC(=O)CCCc1cc(OC)c(OC)c(OC)c1. The van der Waals surface area contributed by atoms with Gasteiger partial charge >= 0.3 is 5.97 Å². The van der Waals surface area contributed by atoms with Crippen LogP contribution in [0, 0.1) is 0 Å². The Morgan fingerprint density at radius 2 is 1.58 bits per heavy atom. The Morgan fingerprint density at radius 3 is 2.00 bits per heavy atom. The number of benzene rings is 1. The summed E-state index contributed by atoms with van der Waals surface area (Å²) < 4.78 is 20.4. The Bertz CT molecular complexity index is 403. The Kier molecular flexibility index (Phi) is 5.99. The molecule has 1 aromatic rings. The van der Waals surface area contributed by atoms with Gasteiger partial charge in [0.05, 0.1) is 28.4 Å². The van der Waals surface area contributed by atoms with Crippen LogP contribution in [0.1, 0.15) is 18.4 Å². The fourth-order valence-corrected chi connectivity index (χ4v) is 1.82. The van der Waals surface area contributed by atoms with E-state index in [4.69, 9.17) is 14.2 Å². The summed E-state index contributed by atoms with van der Waals surface area (Å²) in [6.07, 6.45) is 1.85. The number of carbonyl (C=O) groups is 1. The van der Waals surface area contributed by atoms with Crippen molar-refractivity contribution in [3.63, 3.8) is 0 Å². The monoisotopic (exact) mass is 268 g/mol. The number of rotatable bonds is 7. The summed E-state index contributed by atoms with van der Waals surface area (Å²) in [5.41, 5.74) is 1.03. The molecule has 5 nitrogen and oxygen atoms in total. The third kappa shape index (κ3) is 4.05. The van der Waals surface area contributed by atoms with Gasteiger partial charge in [-0.1, -0.05) is 0 Å². The van der Waals surface area contributed by atoms with Gasteiger partial charge in [-0.05, 0) is 30.5 Å². The fourth-order valence-electron chi connectivity index (χ4n) is 1.82. The molecule has 1 rings (SSSR count). The molecule has 5 heteroatoms. The lowest BCUT2D eigenvalue weighted by Gasteiger charge is -2.14. The first-order chi connectivity index (χ1) is 9.15. The van der Waals surface area contributed by atoms with E-state index in [1.165, 1.54) is 7.11 Å². The van der Waals surface area contributed by atoms with Crippen LogP contribution in [0.25, 0.3) is 0 Å². The zero-order valence-electron chi connectivity index (χ0n) is 11.8. The molecule has 0 aliphatic heterocycles. The second-order valence-electron chi connectivity index (χ2n) is 3.96. The molecule has 0 aliphatic rings. The zero-order chi connectivity index (χ0) is 14.3. The van der Waals surface area contributed by atoms with E-state index in [2.05, 4.69) is 4.74 Å². The number of ether oxygens (including phenoxy) is 4. The molecule has 0 saturated carbocycles. The van der Waals surface area contributed by atoms with Gasteiger partial charge in [-0.15, -0.1) is 0 Å². The average Bonchev–Trinajstić information content (AvgIpc) is 2.45. The Morgan fingerprint density at radius 1 is 1.00 bits per heavy atom. The molecule has 0 fully saturated rings. The van der Waals surface area contributed by atoms with Gasteiger partial charge in [-0.3, -0.25) is 4.79 Å². The highest BCUT2D eigenvalue weighted by molar-refractivity contribution is 5.69. The van der Waals surface area contributed by atoms with E-state index in [-0.39, 0.29) is 5.97 Å². The first-order valence-corrected chi connectivity index (χ1v) is 6.02. The first-order valence-electron chi connectivity index (χ1n) is 6.02. The summed E-state index contributed by atoms with van der Waals surface area (Å²) in [5, 5.41) is 0. The summed E-state index contributed by atoms with van der Waals surface area (Å²) in [6.45, 7) is 0. The lowest BCUT2D eigenvalue weighted by molar-refractivity contribution is -0.140. The maximum Gasteiger partial charge on any atom is 0.305 e. The van der Waals surface area contributed by atoms with Crippen LogP contribution in [0.15, 0.2) is 12.1 Å². The van der Waals surface area contributed by atoms with Gasteiger partial charge in [0, 0.05) is 6.42 Å². The van der Waals surface area contributed by atoms with Crippen molar-refractivity contribution in [1.29, 1.82) is 0 Å². The van der Waals surface area contributed by atoms with Gasteiger partial charge < -0.3 is 18.9 Å². The van der Waals surface area contributed by atoms with Gasteiger partial charge in [0.25, 0.3) is 0 Å². The molecule has 19 heavy (non-hydrogen) atoms. The minimum Gasteiger partial charge on any atom is -0.493 e. The topological polar surface area (TPSA) is 54.0 Å². The smallest absolute Gasteiger partial charge is 0.305 e. The van der Waals surface area contributed by atoms with Crippen LogP contribution in [0.5, 0.6) is 17.2 Å². The highest BCUT2D eigenvalue weighted by atomic mass is 16.5. The standard InChI is InChI=1S/C14H20O5/c1-16-11-8-10(6-5-7-13(15)18-3)9-12(17-2)14(11)19-4/h8-9H,5-7H2,1-4H3. The lowest BCUT2D eigenvalue weighted by Crippen LogP contribution is -2.01. The molecule has 0 atom stereocenters. The van der Waals surface area contributed by atoms with Crippen molar-refractivity contribution in [2.75, 3.05) is 28.4 Å². The minimum absolute atomic E-state index is 0.201. The van der Waals surface area contributed by atoms with E-state index in [1.807, 2.05) is 12.1 Å². The van der Waals surface area contributed by atoms with E-state index in [0.29, 0.717) is 30.1 Å². The normalized spacial score (nSPS) is 9.89. The molecular weight excluding hydrogens is 248 g/mol. The van der Waals surface area contributed by atoms with Crippen LogP contribution < -0.4 is 14.2 Å². The predicted molar refractivity (Wildman–Crippen MR) is 71.1 cm³/mol. The number of hydrogen-bond acceptors (Lipinski definition) is 5. The molecule has 0 saturated heterocycles. The average molecular weight is 268 g/mol. The second-order valence-corrected chi connectivity index (χ2v) is 3.96. The van der Waals surface area contributed by atoms with Crippen molar-refractivity contribution in [2.45, 2.75) is 19.3 Å². The molecule has 0 spiro atoms. The van der Waals surface area contributed by atoms with E-state index in [9.17, 15) is 4.79 Å². The summed E-state index contributed by atoms with van der Waals surface area (Å²) in [7, 11) is 6.12. The molecule has 0 N–H and O–H groups in total. The van der Waals surface area contributed by atoms with Crippen molar-refractivity contribution in [3.05, 3.63) is 17.7 Å². The third-order valence-electron chi connectivity index (χ3n) is 2.80. The van der Waals surface area contributed by atoms with Crippen LogP contribution in [-0.4, -0.2) is 34.4 Å². The molecular formula is C14H20O5. The van der Waals surface area contributed by atoms with Crippen LogP contribution in [0.2, 0.25) is 0 Å². The van der Waals surface area contributed by atoms with Crippen molar-refractivity contribution in [2.24, 2.45) is 0 Å². The molecule has 0 heterocycles. The lowest BCUT2D eigenvalue weighted by atomic mass is 10.1. The molecule has 0 aromatic heterocycles. The summed E-state index contributed by atoms with van der Waals surface area (Å²) in [6, 6.07) is 3.78. The maximum absolute atomic E-state index is 11.1. The molecule has 0 radical (unpaired) electrons. The highest BCUT2D eigenvalue weighted by Gasteiger charge is 2.13. The fraction of sp³-hybridized carbons (Fsp3) is 0.500. The number of carbonyl (C=O) groups excluding carboxylic acids is 1. The highest BCUT2D eigenvalue weighted by Crippen LogP contribution is 2.38. The number of esters is 1. The Labute approximate surface area is 113 Å². The first kappa shape index (κ1) is 15.1. The van der Waals surface area contributed by atoms with E-state index in [0.717, 1.165) is 12.0 Å². The minimum atomic E-state index is -0.201. The van der Waals surface area contributed by atoms with Crippen LogP contribution in [0.3, 0.4) is 0 Å². The number of hydrogen-bond donors (Lipinski definition) is 0. The molecule has 0 aliphatic carbocycles. The van der Waals surface area contributed by atoms with Crippen LogP contribution >= 0.6 is 0 Å². The molecule has 0 bridgehead atoms. The van der Waals surface area contributed by atoms with Gasteiger partial charge in [-0.25, -0.2) is 0 Å². The summed E-state index contributed by atoms with van der Waals surface area (Å²) >= 11 is 0. The summed E-state index contributed by atoms with van der Waals surface area (Å²) in [4.78, 5) is 11.1. The van der Waals surface area contributed by atoms with Crippen LogP contribution in [-0.2, 0) is 16.0 Å². The largest absolute Gasteiger partial charge is 0.493 e. The van der Waals surface area contributed by atoms with Gasteiger partial charge in [0.2, 0.25) is 5.75 Å². The predicted octanol–water partition coefficient (Wildman–Crippen LogP) is 2.21. The van der Waals surface area contributed by atoms with E-state index >= 15 is 0 Å². The van der Waals surface area contributed by atoms with Gasteiger partial charge in [0.1, 0.15) is 0 Å². The van der Waals surface area contributed by atoms with Crippen LogP contribution in [0.4, 0.5) is 0 Å². The van der Waals surface area contributed by atoms with E-state index in [1.54, 1.807) is 21.3 Å². The molecule has 0 amide bonds.